The van der Waals surface area contributed by atoms with Gasteiger partial charge in [-0.25, -0.2) is 8.42 Å². The topological polar surface area (TPSA) is 83.7 Å². The first-order valence-electron chi connectivity index (χ1n) is 10.7. The lowest BCUT2D eigenvalue weighted by Gasteiger charge is -2.31. The van der Waals surface area contributed by atoms with Gasteiger partial charge in [-0.2, -0.15) is 17.5 Å². The molecule has 6 nitrogen and oxygen atoms in total. The maximum atomic E-state index is 13.0. The molecular formula is C21H30F3N3O3S. The molecule has 2 fully saturated rings. The van der Waals surface area contributed by atoms with Crippen LogP contribution in [0, 0.1) is 11.8 Å². The van der Waals surface area contributed by atoms with E-state index in [-0.39, 0.29) is 35.2 Å². The Morgan fingerprint density at radius 2 is 1.87 bits per heavy atom. The average molecular weight is 462 g/mol. The fourth-order valence-corrected chi connectivity index (χ4v) is 6.34. The van der Waals surface area contributed by atoms with Crippen molar-refractivity contribution in [2.45, 2.75) is 62.2 Å². The number of benzene rings is 1. The molecule has 1 amide bonds. The van der Waals surface area contributed by atoms with Crippen LogP contribution in [0.4, 0.5) is 13.2 Å². The number of nitrogens with zero attached hydrogens (tertiary/aromatic N) is 2. The zero-order chi connectivity index (χ0) is 23.0. The molecule has 0 radical (unpaired) electrons. The molecular weight excluding hydrogens is 431 g/mol. The molecule has 1 aromatic carbocycles. The van der Waals surface area contributed by atoms with Crippen molar-refractivity contribution < 1.29 is 26.4 Å². The number of rotatable bonds is 7. The van der Waals surface area contributed by atoms with E-state index < -0.39 is 27.8 Å². The highest BCUT2D eigenvalue weighted by Crippen LogP contribution is 2.42. The molecule has 1 saturated heterocycles. The minimum atomic E-state index is -4.52. The van der Waals surface area contributed by atoms with Gasteiger partial charge in [0.15, 0.2) is 0 Å². The highest BCUT2D eigenvalue weighted by atomic mass is 32.2. The van der Waals surface area contributed by atoms with Gasteiger partial charge in [0, 0.05) is 26.2 Å². The Kier molecular flexibility index (Phi) is 7.02. The van der Waals surface area contributed by atoms with Gasteiger partial charge < -0.3 is 10.6 Å². The lowest BCUT2D eigenvalue weighted by atomic mass is 9.96. The van der Waals surface area contributed by atoms with Crippen molar-refractivity contribution in [3.05, 3.63) is 29.8 Å². The first kappa shape index (κ1) is 24.0. The number of carbonyl (C=O) groups is 1. The van der Waals surface area contributed by atoms with Crippen molar-refractivity contribution in [2.75, 3.05) is 20.1 Å². The number of likely N-dealkylation sites (N-methyl/N-ethyl adjacent to an activating group) is 1. The van der Waals surface area contributed by atoms with Crippen LogP contribution < -0.4 is 5.73 Å². The van der Waals surface area contributed by atoms with Gasteiger partial charge in [-0.05, 0) is 55.4 Å². The predicted octanol–water partition coefficient (Wildman–Crippen LogP) is 3.08. The van der Waals surface area contributed by atoms with E-state index in [4.69, 9.17) is 5.73 Å². The molecule has 1 saturated carbocycles. The largest absolute Gasteiger partial charge is 0.416 e. The summed E-state index contributed by atoms with van der Waals surface area (Å²) in [6.45, 7) is 2.60. The number of unbranched alkanes of at least 4 members (excludes halogenated alkanes) is 1. The molecule has 0 aromatic heterocycles. The summed E-state index contributed by atoms with van der Waals surface area (Å²) in [5.74, 6) is -0.00367. The molecule has 1 heterocycles. The third-order valence-corrected chi connectivity index (χ3v) is 8.48. The Hall–Kier alpha value is -1.65. The summed E-state index contributed by atoms with van der Waals surface area (Å²) in [5.41, 5.74) is 5.16. The molecule has 10 heteroatoms. The second-order valence-electron chi connectivity index (χ2n) is 8.61. The van der Waals surface area contributed by atoms with Gasteiger partial charge in [-0.1, -0.05) is 19.8 Å². The normalized spacial score (nSPS) is 25.4. The van der Waals surface area contributed by atoms with E-state index in [0.717, 1.165) is 49.9 Å². The Bertz CT molecular complexity index is 889. The first-order chi connectivity index (χ1) is 14.5. The van der Waals surface area contributed by atoms with E-state index >= 15 is 0 Å². The van der Waals surface area contributed by atoms with E-state index in [1.807, 2.05) is 6.92 Å². The molecule has 2 aliphatic rings. The summed E-state index contributed by atoms with van der Waals surface area (Å²) in [6.07, 6.45) is -0.473. The lowest BCUT2D eigenvalue weighted by Crippen LogP contribution is -2.48. The van der Waals surface area contributed by atoms with Crippen molar-refractivity contribution in [1.29, 1.82) is 0 Å². The van der Waals surface area contributed by atoms with Gasteiger partial charge >= 0.3 is 6.18 Å². The SMILES string of the molecule is CCCC[C@H](N)C(=O)N(C)[C@H]1CC[C@@H]2CN(S(=O)(=O)c3ccc(C(F)(F)F)cc3)C[C@@H]21. The number of halogens is 3. The number of amides is 1. The van der Waals surface area contributed by atoms with E-state index in [1.165, 1.54) is 4.31 Å². The number of carbonyl (C=O) groups excluding carboxylic acids is 1. The van der Waals surface area contributed by atoms with Crippen molar-refractivity contribution in [3.63, 3.8) is 0 Å². The van der Waals surface area contributed by atoms with Crippen molar-refractivity contribution in [3.8, 4) is 0 Å². The van der Waals surface area contributed by atoms with E-state index in [9.17, 15) is 26.4 Å². The van der Waals surface area contributed by atoms with Gasteiger partial charge in [-0.3, -0.25) is 4.79 Å². The van der Waals surface area contributed by atoms with E-state index in [0.29, 0.717) is 13.0 Å². The number of sulfonamides is 1. The molecule has 174 valence electrons. The van der Waals surface area contributed by atoms with Crippen LogP contribution in [0.1, 0.15) is 44.6 Å². The standard InChI is InChI=1S/C21H30F3N3O3S/c1-3-4-5-18(25)20(28)26(2)19-11-6-14-12-27(13-17(14)19)31(29,30)16-9-7-15(8-10-16)21(22,23)24/h7-10,14,17-19H,3-6,11-13,25H2,1-2H3/t14-,17+,18+,19+/m1/s1. The zero-order valence-corrected chi connectivity index (χ0v) is 18.6. The van der Waals surface area contributed by atoms with E-state index in [1.54, 1.807) is 11.9 Å². The van der Waals surface area contributed by atoms with Gasteiger partial charge in [0.1, 0.15) is 0 Å². The second kappa shape index (κ2) is 9.07. The summed E-state index contributed by atoms with van der Waals surface area (Å²) in [6, 6.07) is 2.95. The summed E-state index contributed by atoms with van der Waals surface area (Å²) < 4.78 is 65.7. The summed E-state index contributed by atoms with van der Waals surface area (Å²) in [5, 5.41) is 0. The van der Waals surface area contributed by atoms with Gasteiger partial charge in [0.2, 0.25) is 15.9 Å². The summed E-state index contributed by atoms with van der Waals surface area (Å²) in [4.78, 5) is 14.2. The Morgan fingerprint density at radius 1 is 1.23 bits per heavy atom. The Balaban J connectivity index is 1.70. The number of fused-ring (bicyclic) bond motifs is 1. The molecule has 1 aromatic rings. The van der Waals surface area contributed by atoms with Crippen LogP contribution in [0.3, 0.4) is 0 Å². The maximum Gasteiger partial charge on any atom is 0.416 e. The summed E-state index contributed by atoms with van der Waals surface area (Å²) in [7, 11) is -2.17. The number of hydrogen-bond acceptors (Lipinski definition) is 4. The molecule has 3 rings (SSSR count). The molecule has 4 atom stereocenters. The first-order valence-corrected chi connectivity index (χ1v) is 12.1. The second-order valence-corrected chi connectivity index (χ2v) is 10.5. The Labute approximate surface area is 181 Å². The number of hydrogen-bond donors (Lipinski definition) is 1. The van der Waals surface area contributed by atoms with Crippen molar-refractivity contribution in [1.82, 2.24) is 9.21 Å². The molecule has 2 N–H and O–H groups in total. The number of alkyl halides is 3. The zero-order valence-electron chi connectivity index (χ0n) is 17.8. The lowest BCUT2D eigenvalue weighted by molar-refractivity contribution is -0.137. The minimum absolute atomic E-state index is 0.00320. The van der Waals surface area contributed by atoms with Crippen molar-refractivity contribution in [2.24, 2.45) is 17.6 Å². The highest BCUT2D eigenvalue weighted by molar-refractivity contribution is 7.89. The van der Waals surface area contributed by atoms with E-state index in [2.05, 4.69) is 0 Å². The van der Waals surface area contributed by atoms with Crippen LogP contribution in [-0.4, -0.2) is 55.8 Å². The molecule has 0 spiro atoms. The van der Waals surface area contributed by atoms with Gasteiger partial charge in [0.05, 0.1) is 16.5 Å². The average Bonchev–Trinajstić information content (AvgIpc) is 3.31. The Morgan fingerprint density at radius 3 is 2.45 bits per heavy atom. The molecule has 0 unspecified atom stereocenters. The van der Waals surface area contributed by atoms with Crippen LogP contribution in [-0.2, 0) is 21.0 Å². The maximum absolute atomic E-state index is 13.0. The molecule has 1 aliphatic carbocycles. The molecule has 0 bridgehead atoms. The van der Waals surface area contributed by atoms with Crippen LogP contribution in [0.25, 0.3) is 0 Å². The van der Waals surface area contributed by atoms with Crippen LogP contribution >= 0.6 is 0 Å². The highest BCUT2D eigenvalue weighted by Gasteiger charge is 2.48. The fourth-order valence-electron chi connectivity index (χ4n) is 4.81. The minimum Gasteiger partial charge on any atom is -0.341 e. The van der Waals surface area contributed by atoms with Gasteiger partial charge in [0.25, 0.3) is 0 Å². The van der Waals surface area contributed by atoms with Crippen LogP contribution in [0.2, 0.25) is 0 Å². The van der Waals surface area contributed by atoms with Gasteiger partial charge in [-0.15, -0.1) is 0 Å². The van der Waals surface area contributed by atoms with Crippen LogP contribution in [0.5, 0.6) is 0 Å². The third kappa shape index (κ3) is 4.90. The quantitative estimate of drug-likeness (QED) is 0.677. The number of nitrogens with two attached hydrogens (primary N) is 1. The smallest absolute Gasteiger partial charge is 0.341 e. The monoisotopic (exact) mass is 461 g/mol. The summed E-state index contributed by atoms with van der Waals surface area (Å²) >= 11 is 0. The predicted molar refractivity (Wildman–Crippen MR) is 110 cm³/mol. The fraction of sp³-hybridized carbons (Fsp3) is 0.667. The van der Waals surface area contributed by atoms with Crippen LogP contribution in [0.15, 0.2) is 29.2 Å². The third-order valence-electron chi connectivity index (χ3n) is 6.64. The molecule has 31 heavy (non-hydrogen) atoms. The van der Waals surface area contributed by atoms with Crippen molar-refractivity contribution >= 4 is 15.9 Å². The molecule has 1 aliphatic heterocycles.